The maximum Gasteiger partial charge on any atom is 0.269 e. The molecule has 0 unspecified atom stereocenters. The molecule has 5 nitrogen and oxygen atoms in total. The first kappa shape index (κ1) is 14.8. The molecule has 0 radical (unpaired) electrons. The van der Waals surface area contributed by atoms with Gasteiger partial charge in [-0.15, -0.1) is 0 Å². The zero-order valence-electron chi connectivity index (χ0n) is 13.0. The van der Waals surface area contributed by atoms with E-state index in [0.29, 0.717) is 5.52 Å². The SMILES string of the molecule is C[C@H]1CCC[C@H](C)N1C(=O)Cn1c(=O)cnc2ccccc21. The van der Waals surface area contributed by atoms with E-state index in [9.17, 15) is 9.59 Å². The van der Waals surface area contributed by atoms with Gasteiger partial charge >= 0.3 is 0 Å². The molecule has 1 aromatic heterocycles. The highest BCUT2D eigenvalue weighted by Crippen LogP contribution is 2.23. The van der Waals surface area contributed by atoms with E-state index in [1.807, 2.05) is 29.2 Å². The van der Waals surface area contributed by atoms with E-state index >= 15 is 0 Å². The van der Waals surface area contributed by atoms with Crippen LogP contribution in [0.3, 0.4) is 0 Å². The number of hydrogen-bond donors (Lipinski definition) is 0. The van der Waals surface area contributed by atoms with Gasteiger partial charge in [0.1, 0.15) is 6.54 Å². The second-order valence-electron chi connectivity index (χ2n) is 6.10. The number of carbonyl (C=O) groups excluding carboxylic acids is 1. The minimum absolute atomic E-state index is 0.0122. The minimum Gasteiger partial charge on any atom is -0.336 e. The summed E-state index contributed by atoms with van der Waals surface area (Å²) in [6.07, 6.45) is 4.51. The Labute approximate surface area is 129 Å². The van der Waals surface area contributed by atoms with E-state index in [4.69, 9.17) is 0 Å². The van der Waals surface area contributed by atoms with Gasteiger partial charge < -0.3 is 4.90 Å². The molecule has 1 saturated heterocycles. The lowest BCUT2D eigenvalue weighted by molar-refractivity contribution is -0.137. The van der Waals surface area contributed by atoms with Crippen LogP contribution in [0, 0.1) is 0 Å². The largest absolute Gasteiger partial charge is 0.336 e. The predicted molar refractivity (Wildman–Crippen MR) is 85.6 cm³/mol. The maximum absolute atomic E-state index is 12.7. The topological polar surface area (TPSA) is 55.2 Å². The lowest BCUT2D eigenvalue weighted by Crippen LogP contribution is -2.49. The third kappa shape index (κ3) is 2.63. The van der Waals surface area contributed by atoms with Gasteiger partial charge in [-0.3, -0.25) is 14.2 Å². The standard InChI is InChI=1S/C17H21N3O2/c1-12-6-5-7-13(2)20(12)17(22)11-19-15-9-4-3-8-14(15)18-10-16(19)21/h3-4,8-10,12-13H,5-7,11H2,1-2H3/t12-,13-/m0/s1. The van der Waals surface area contributed by atoms with Crippen LogP contribution < -0.4 is 5.56 Å². The van der Waals surface area contributed by atoms with Gasteiger partial charge in [-0.2, -0.15) is 0 Å². The van der Waals surface area contributed by atoms with Crippen molar-refractivity contribution < 1.29 is 4.79 Å². The molecule has 1 fully saturated rings. The third-order valence-corrected chi connectivity index (χ3v) is 4.53. The number of nitrogens with zero attached hydrogens (tertiary/aromatic N) is 3. The summed E-state index contributed by atoms with van der Waals surface area (Å²) in [6.45, 7) is 4.25. The highest BCUT2D eigenvalue weighted by atomic mass is 16.2. The first-order valence-electron chi connectivity index (χ1n) is 7.83. The number of carbonyl (C=O) groups is 1. The number of fused-ring (bicyclic) bond motifs is 1. The van der Waals surface area contributed by atoms with E-state index in [2.05, 4.69) is 18.8 Å². The smallest absolute Gasteiger partial charge is 0.269 e. The molecule has 1 aliphatic rings. The molecular formula is C17H21N3O2. The van der Waals surface area contributed by atoms with Crippen molar-refractivity contribution >= 4 is 16.9 Å². The molecule has 22 heavy (non-hydrogen) atoms. The molecule has 5 heteroatoms. The van der Waals surface area contributed by atoms with Crippen LogP contribution in [0.2, 0.25) is 0 Å². The van der Waals surface area contributed by atoms with Crippen LogP contribution in [-0.4, -0.2) is 32.4 Å². The van der Waals surface area contributed by atoms with Crippen LogP contribution in [0.1, 0.15) is 33.1 Å². The van der Waals surface area contributed by atoms with Gasteiger partial charge in [0.25, 0.3) is 5.56 Å². The minimum atomic E-state index is -0.232. The Morgan fingerprint density at radius 2 is 1.91 bits per heavy atom. The summed E-state index contributed by atoms with van der Waals surface area (Å²) < 4.78 is 1.53. The molecule has 116 valence electrons. The van der Waals surface area contributed by atoms with E-state index in [1.165, 1.54) is 10.8 Å². The molecule has 2 atom stereocenters. The number of aromatic nitrogens is 2. The Morgan fingerprint density at radius 1 is 1.23 bits per heavy atom. The second-order valence-corrected chi connectivity index (χ2v) is 6.10. The Bertz CT molecular complexity index is 743. The van der Waals surface area contributed by atoms with Crippen molar-refractivity contribution in [3.8, 4) is 0 Å². The summed E-state index contributed by atoms with van der Waals surface area (Å²) in [7, 11) is 0. The van der Waals surface area contributed by atoms with Gasteiger partial charge in [-0.25, -0.2) is 4.98 Å². The molecule has 0 aliphatic carbocycles. The zero-order chi connectivity index (χ0) is 15.7. The summed E-state index contributed by atoms with van der Waals surface area (Å²) in [4.78, 5) is 30.9. The molecule has 3 rings (SSSR count). The van der Waals surface area contributed by atoms with Gasteiger partial charge in [0.15, 0.2) is 0 Å². The second kappa shape index (κ2) is 5.91. The first-order valence-corrected chi connectivity index (χ1v) is 7.83. The summed E-state index contributed by atoms with van der Waals surface area (Å²) >= 11 is 0. The average molecular weight is 299 g/mol. The maximum atomic E-state index is 12.7. The van der Waals surface area contributed by atoms with Gasteiger partial charge in [-0.05, 0) is 45.2 Å². The Kier molecular flexibility index (Phi) is 3.96. The summed E-state index contributed by atoms with van der Waals surface area (Å²) in [5, 5.41) is 0. The number of piperidine rings is 1. The molecule has 0 bridgehead atoms. The Morgan fingerprint density at radius 3 is 2.64 bits per heavy atom. The van der Waals surface area contributed by atoms with Crippen molar-refractivity contribution in [1.29, 1.82) is 0 Å². The molecule has 0 saturated carbocycles. The first-order chi connectivity index (χ1) is 10.6. The molecule has 1 aromatic carbocycles. The van der Waals surface area contributed by atoms with E-state index in [1.54, 1.807) is 0 Å². The molecule has 2 heterocycles. The van der Waals surface area contributed by atoms with Crippen molar-refractivity contribution in [3.05, 3.63) is 40.8 Å². The van der Waals surface area contributed by atoms with Gasteiger partial charge in [0.05, 0.1) is 17.2 Å². The fourth-order valence-corrected chi connectivity index (χ4v) is 3.41. The molecule has 1 aliphatic heterocycles. The number of rotatable bonds is 2. The Hall–Kier alpha value is -2.17. The quantitative estimate of drug-likeness (QED) is 0.854. The normalized spacial score (nSPS) is 22.0. The van der Waals surface area contributed by atoms with Crippen LogP contribution in [0.5, 0.6) is 0 Å². The zero-order valence-corrected chi connectivity index (χ0v) is 13.0. The lowest BCUT2D eigenvalue weighted by Gasteiger charge is -2.39. The van der Waals surface area contributed by atoms with Crippen molar-refractivity contribution in [1.82, 2.24) is 14.5 Å². The average Bonchev–Trinajstić information content (AvgIpc) is 2.50. The summed E-state index contributed by atoms with van der Waals surface area (Å²) in [6, 6.07) is 7.89. The van der Waals surface area contributed by atoms with Crippen LogP contribution in [0.4, 0.5) is 0 Å². The number of likely N-dealkylation sites (tertiary alicyclic amines) is 1. The van der Waals surface area contributed by atoms with E-state index in [0.717, 1.165) is 24.8 Å². The molecule has 2 aromatic rings. The Balaban J connectivity index is 1.94. The van der Waals surface area contributed by atoms with Crippen molar-refractivity contribution in [2.45, 2.75) is 51.7 Å². The lowest BCUT2D eigenvalue weighted by atomic mass is 9.97. The van der Waals surface area contributed by atoms with Gasteiger partial charge in [-0.1, -0.05) is 12.1 Å². The number of amides is 1. The van der Waals surface area contributed by atoms with Crippen molar-refractivity contribution in [3.63, 3.8) is 0 Å². The number of hydrogen-bond acceptors (Lipinski definition) is 3. The van der Waals surface area contributed by atoms with Crippen LogP contribution in [-0.2, 0) is 11.3 Å². The highest BCUT2D eigenvalue weighted by molar-refractivity contribution is 5.80. The molecule has 0 spiro atoms. The fraction of sp³-hybridized carbons (Fsp3) is 0.471. The summed E-state index contributed by atoms with van der Waals surface area (Å²) in [5.41, 5.74) is 1.21. The predicted octanol–water partition coefficient (Wildman–Crippen LogP) is 2.19. The monoisotopic (exact) mass is 299 g/mol. The van der Waals surface area contributed by atoms with Crippen LogP contribution in [0.25, 0.3) is 11.0 Å². The molecule has 0 N–H and O–H groups in total. The van der Waals surface area contributed by atoms with Crippen molar-refractivity contribution in [2.24, 2.45) is 0 Å². The summed E-state index contributed by atoms with van der Waals surface area (Å²) in [5.74, 6) is 0.0122. The highest BCUT2D eigenvalue weighted by Gasteiger charge is 2.29. The fourth-order valence-electron chi connectivity index (χ4n) is 3.41. The van der Waals surface area contributed by atoms with E-state index < -0.39 is 0 Å². The van der Waals surface area contributed by atoms with Crippen LogP contribution >= 0.6 is 0 Å². The number of benzene rings is 1. The molecular weight excluding hydrogens is 278 g/mol. The van der Waals surface area contributed by atoms with Gasteiger partial charge in [0.2, 0.25) is 5.91 Å². The van der Waals surface area contributed by atoms with Crippen molar-refractivity contribution in [2.75, 3.05) is 0 Å². The third-order valence-electron chi connectivity index (χ3n) is 4.53. The van der Waals surface area contributed by atoms with Gasteiger partial charge in [0, 0.05) is 12.1 Å². The number of para-hydroxylation sites is 2. The molecule has 1 amide bonds. The van der Waals surface area contributed by atoms with E-state index in [-0.39, 0.29) is 30.1 Å². The van der Waals surface area contributed by atoms with Crippen LogP contribution in [0.15, 0.2) is 35.3 Å².